The lowest BCUT2D eigenvalue weighted by molar-refractivity contribution is -0.132. The number of piperazine rings is 1. The minimum Gasteiger partial charge on any atom is -0.497 e. The fraction of sp³-hybridized carbons (Fsp3) is 0.444. The Morgan fingerprint density at radius 3 is 2.42 bits per heavy atom. The van der Waals surface area contributed by atoms with Gasteiger partial charge in [0, 0.05) is 43.8 Å². The fourth-order valence-electron chi connectivity index (χ4n) is 3.02. The first-order valence-corrected chi connectivity index (χ1v) is 8.28. The van der Waals surface area contributed by atoms with E-state index in [1.54, 1.807) is 13.3 Å². The molecular weight excluding hydrogens is 304 g/mol. The number of nitrogens with one attached hydrogen (secondary N) is 1. The van der Waals surface area contributed by atoms with Crippen LogP contribution in [0.25, 0.3) is 0 Å². The van der Waals surface area contributed by atoms with Crippen LogP contribution in [0.2, 0.25) is 0 Å². The third-order valence-electron chi connectivity index (χ3n) is 4.53. The number of hydrogen-bond donors (Lipinski definition) is 1. The zero-order chi connectivity index (χ0) is 17.1. The second kappa shape index (κ2) is 6.95. The summed E-state index contributed by atoms with van der Waals surface area (Å²) in [4.78, 5) is 24.3. The number of benzene rings is 1. The summed E-state index contributed by atoms with van der Waals surface area (Å²) in [6.45, 7) is 6.99. The highest BCUT2D eigenvalue weighted by Gasteiger charge is 2.27. The van der Waals surface area contributed by atoms with Gasteiger partial charge in [-0.2, -0.15) is 0 Å². The van der Waals surface area contributed by atoms with E-state index in [-0.39, 0.29) is 11.8 Å². The van der Waals surface area contributed by atoms with Crippen molar-refractivity contribution in [2.24, 2.45) is 0 Å². The number of carbonyl (C=O) groups excluding carboxylic acids is 1. The molecule has 2 aromatic rings. The molecule has 1 aliphatic rings. The first-order valence-electron chi connectivity index (χ1n) is 8.28. The Labute approximate surface area is 142 Å². The van der Waals surface area contributed by atoms with Gasteiger partial charge in [0.15, 0.2) is 0 Å². The predicted octanol–water partition coefficient (Wildman–Crippen LogP) is 2.18. The van der Waals surface area contributed by atoms with Crippen molar-refractivity contribution < 1.29 is 9.53 Å². The highest BCUT2D eigenvalue weighted by molar-refractivity contribution is 5.82. The van der Waals surface area contributed by atoms with Crippen LogP contribution in [0.1, 0.15) is 24.4 Å². The Kier molecular flexibility index (Phi) is 4.74. The van der Waals surface area contributed by atoms with Gasteiger partial charge in [0.2, 0.25) is 5.91 Å². The molecule has 1 fully saturated rings. The van der Waals surface area contributed by atoms with E-state index in [0.717, 1.165) is 49.1 Å². The Morgan fingerprint density at radius 1 is 1.21 bits per heavy atom. The molecule has 1 aliphatic heterocycles. The molecule has 24 heavy (non-hydrogen) atoms. The average molecular weight is 328 g/mol. The Morgan fingerprint density at radius 2 is 1.88 bits per heavy atom. The molecule has 1 aromatic heterocycles. The maximum Gasteiger partial charge on any atom is 0.233 e. The molecule has 6 heteroatoms. The third kappa shape index (κ3) is 3.37. The molecular formula is C18H24N4O2. The average Bonchev–Trinajstić information content (AvgIpc) is 3.07. The Hall–Kier alpha value is -2.50. The lowest BCUT2D eigenvalue weighted by Gasteiger charge is -2.37. The number of amides is 1. The molecule has 1 amide bonds. The minimum absolute atomic E-state index is 0.138. The van der Waals surface area contributed by atoms with Gasteiger partial charge in [-0.3, -0.25) is 4.79 Å². The molecule has 1 aromatic carbocycles. The third-order valence-corrected chi connectivity index (χ3v) is 4.53. The van der Waals surface area contributed by atoms with Crippen LogP contribution in [0.15, 0.2) is 30.5 Å². The smallest absolute Gasteiger partial charge is 0.233 e. The number of ether oxygens (including phenoxy) is 1. The molecule has 1 atom stereocenters. The Bertz CT molecular complexity index is 687. The molecule has 0 saturated carbocycles. The van der Waals surface area contributed by atoms with Gasteiger partial charge in [-0.15, -0.1) is 0 Å². The van der Waals surface area contributed by atoms with E-state index in [9.17, 15) is 4.79 Å². The number of anilines is 1. The van der Waals surface area contributed by atoms with Gasteiger partial charge in [0.1, 0.15) is 11.6 Å². The number of H-pyrrole nitrogens is 1. The van der Waals surface area contributed by atoms with Gasteiger partial charge < -0.3 is 19.5 Å². The van der Waals surface area contributed by atoms with Crippen LogP contribution in [0.5, 0.6) is 5.75 Å². The number of aromatic nitrogens is 2. The summed E-state index contributed by atoms with van der Waals surface area (Å²) < 4.78 is 5.19. The molecule has 2 heterocycles. The zero-order valence-corrected chi connectivity index (χ0v) is 14.5. The van der Waals surface area contributed by atoms with Gasteiger partial charge in [0.25, 0.3) is 0 Å². The van der Waals surface area contributed by atoms with Gasteiger partial charge >= 0.3 is 0 Å². The lowest BCUT2D eigenvalue weighted by atomic mass is 10.1. The van der Waals surface area contributed by atoms with E-state index in [4.69, 9.17) is 4.74 Å². The van der Waals surface area contributed by atoms with Crippen molar-refractivity contribution >= 4 is 11.6 Å². The number of hydrogen-bond acceptors (Lipinski definition) is 4. The first-order chi connectivity index (χ1) is 11.6. The number of aromatic amines is 1. The van der Waals surface area contributed by atoms with Gasteiger partial charge in [-0.25, -0.2) is 4.98 Å². The van der Waals surface area contributed by atoms with Crippen molar-refractivity contribution in [1.82, 2.24) is 14.9 Å². The van der Waals surface area contributed by atoms with Gasteiger partial charge in [-0.1, -0.05) is 0 Å². The summed E-state index contributed by atoms with van der Waals surface area (Å²) in [6.07, 6.45) is 1.76. The molecule has 0 radical (unpaired) electrons. The molecule has 128 valence electrons. The monoisotopic (exact) mass is 328 g/mol. The zero-order valence-electron chi connectivity index (χ0n) is 14.5. The molecule has 0 spiro atoms. The van der Waals surface area contributed by atoms with E-state index in [1.165, 1.54) is 0 Å². The maximum absolute atomic E-state index is 12.7. The minimum atomic E-state index is -0.230. The quantitative estimate of drug-likeness (QED) is 0.934. The number of aryl methyl sites for hydroxylation is 1. The standard InChI is InChI=1S/C18H24N4O2/c1-13-12-19-17(20-13)14(2)18(23)22-10-8-21(9-11-22)15-4-6-16(24-3)7-5-15/h4-7,12,14H,8-11H2,1-3H3,(H,19,20). The summed E-state index contributed by atoms with van der Waals surface area (Å²) in [5.41, 5.74) is 2.14. The predicted molar refractivity (Wildman–Crippen MR) is 93.5 cm³/mol. The summed E-state index contributed by atoms with van der Waals surface area (Å²) in [6, 6.07) is 8.05. The van der Waals surface area contributed by atoms with Crippen molar-refractivity contribution in [3.63, 3.8) is 0 Å². The molecule has 3 rings (SSSR count). The van der Waals surface area contributed by atoms with Crippen molar-refractivity contribution in [1.29, 1.82) is 0 Å². The van der Waals surface area contributed by atoms with Crippen molar-refractivity contribution in [2.75, 3.05) is 38.2 Å². The van der Waals surface area contributed by atoms with E-state index in [0.29, 0.717) is 0 Å². The normalized spacial score (nSPS) is 16.1. The molecule has 1 unspecified atom stereocenters. The number of rotatable bonds is 4. The van der Waals surface area contributed by atoms with Crippen LogP contribution in [0.3, 0.4) is 0 Å². The SMILES string of the molecule is COc1ccc(N2CCN(C(=O)C(C)c3ncc(C)[nH]3)CC2)cc1. The Balaban J connectivity index is 1.58. The first kappa shape index (κ1) is 16.4. The topological polar surface area (TPSA) is 61.5 Å². The molecule has 1 saturated heterocycles. The second-order valence-corrected chi connectivity index (χ2v) is 6.18. The van der Waals surface area contributed by atoms with Crippen LogP contribution >= 0.6 is 0 Å². The van der Waals surface area contributed by atoms with Crippen LogP contribution in [-0.2, 0) is 4.79 Å². The van der Waals surface area contributed by atoms with Gasteiger partial charge in [0.05, 0.1) is 13.0 Å². The van der Waals surface area contributed by atoms with E-state index in [2.05, 4.69) is 27.0 Å². The maximum atomic E-state index is 12.7. The number of imidazole rings is 1. The molecule has 6 nitrogen and oxygen atoms in total. The summed E-state index contributed by atoms with van der Waals surface area (Å²) in [7, 11) is 1.67. The largest absolute Gasteiger partial charge is 0.497 e. The molecule has 1 N–H and O–H groups in total. The number of methoxy groups -OCH3 is 1. The molecule has 0 bridgehead atoms. The highest BCUT2D eigenvalue weighted by Crippen LogP contribution is 2.22. The van der Waals surface area contributed by atoms with Crippen LogP contribution < -0.4 is 9.64 Å². The molecule has 0 aliphatic carbocycles. The summed E-state index contributed by atoms with van der Waals surface area (Å²) >= 11 is 0. The number of nitrogens with zero attached hydrogens (tertiary/aromatic N) is 3. The van der Waals surface area contributed by atoms with Crippen molar-refractivity contribution in [2.45, 2.75) is 19.8 Å². The fourth-order valence-corrected chi connectivity index (χ4v) is 3.02. The van der Waals surface area contributed by atoms with E-state index < -0.39 is 0 Å². The van der Waals surface area contributed by atoms with E-state index >= 15 is 0 Å². The lowest BCUT2D eigenvalue weighted by Crippen LogP contribution is -2.49. The van der Waals surface area contributed by atoms with Crippen LogP contribution in [0, 0.1) is 6.92 Å². The van der Waals surface area contributed by atoms with Crippen molar-refractivity contribution in [3.05, 3.63) is 42.0 Å². The summed E-state index contributed by atoms with van der Waals surface area (Å²) in [5, 5.41) is 0. The van der Waals surface area contributed by atoms with Crippen LogP contribution in [0.4, 0.5) is 5.69 Å². The summed E-state index contributed by atoms with van der Waals surface area (Å²) in [5.74, 6) is 1.51. The highest BCUT2D eigenvalue weighted by atomic mass is 16.5. The van der Waals surface area contributed by atoms with E-state index in [1.807, 2.05) is 30.9 Å². The second-order valence-electron chi connectivity index (χ2n) is 6.18. The van der Waals surface area contributed by atoms with Crippen LogP contribution in [-0.4, -0.2) is 54.1 Å². The number of carbonyl (C=O) groups is 1. The van der Waals surface area contributed by atoms with Gasteiger partial charge in [-0.05, 0) is 38.1 Å². The van der Waals surface area contributed by atoms with Crippen molar-refractivity contribution in [3.8, 4) is 5.75 Å².